The maximum absolute atomic E-state index is 12.6. The summed E-state index contributed by atoms with van der Waals surface area (Å²) < 4.78 is 0. The molecule has 1 saturated carbocycles. The molecule has 114 valence electrons. The van der Waals surface area contributed by atoms with E-state index < -0.39 is 11.2 Å². The van der Waals surface area contributed by atoms with Crippen molar-refractivity contribution >= 4 is 5.91 Å². The van der Waals surface area contributed by atoms with Gasteiger partial charge in [-0.05, 0) is 32.2 Å². The van der Waals surface area contributed by atoms with E-state index in [9.17, 15) is 14.4 Å². The largest absolute Gasteiger partial charge is 0.333 e. The molecule has 2 aliphatic rings. The number of piperidine rings is 1. The van der Waals surface area contributed by atoms with Gasteiger partial charge in [-0.15, -0.1) is 0 Å². The van der Waals surface area contributed by atoms with Crippen LogP contribution >= 0.6 is 0 Å². The van der Waals surface area contributed by atoms with E-state index in [0.29, 0.717) is 12.6 Å². The Morgan fingerprint density at radius 3 is 2.62 bits per heavy atom. The Morgan fingerprint density at radius 1 is 1.19 bits per heavy atom. The zero-order valence-corrected chi connectivity index (χ0v) is 11.9. The fourth-order valence-corrected chi connectivity index (χ4v) is 2.84. The standard InChI is InChI=1S/C14H20N4O3/c19-12-7-11(16-14(21)17-12)13(20)18(10-4-5-10)8-9-3-1-2-6-15-9/h7,9-10,15H,1-6,8H2,(H2,16,17,19,21). The van der Waals surface area contributed by atoms with E-state index in [1.54, 1.807) is 4.90 Å². The third-order valence-corrected chi connectivity index (χ3v) is 4.07. The van der Waals surface area contributed by atoms with Gasteiger partial charge in [-0.1, -0.05) is 6.42 Å². The molecule has 7 heteroatoms. The average Bonchev–Trinajstić information content (AvgIpc) is 3.29. The van der Waals surface area contributed by atoms with Gasteiger partial charge in [0, 0.05) is 24.7 Å². The van der Waals surface area contributed by atoms with Gasteiger partial charge in [0.2, 0.25) is 0 Å². The van der Waals surface area contributed by atoms with Crippen LogP contribution < -0.4 is 16.6 Å². The molecule has 1 amide bonds. The Labute approximate surface area is 121 Å². The summed E-state index contributed by atoms with van der Waals surface area (Å²) >= 11 is 0. The fourth-order valence-electron chi connectivity index (χ4n) is 2.84. The van der Waals surface area contributed by atoms with Crippen LogP contribution in [-0.2, 0) is 0 Å². The first-order chi connectivity index (χ1) is 10.1. The molecule has 1 aliphatic carbocycles. The maximum atomic E-state index is 12.6. The molecule has 2 fully saturated rings. The molecule has 0 bridgehead atoms. The van der Waals surface area contributed by atoms with Gasteiger partial charge in [0.15, 0.2) is 0 Å². The van der Waals surface area contributed by atoms with E-state index >= 15 is 0 Å². The first-order valence-corrected chi connectivity index (χ1v) is 7.51. The first-order valence-electron chi connectivity index (χ1n) is 7.51. The number of H-pyrrole nitrogens is 2. The summed E-state index contributed by atoms with van der Waals surface area (Å²) in [5.74, 6) is -0.256. The average molecular weight is 292 g/mol. The van der Waals surface area contributed by atoms with Crippen LogP contribution in [0.25, 0.3) is 0 Å². The molecular weight excluding hydrogens is 272 g/mol. The molecule has 21 heavy (non-hydrogen) atoms. The number of nitrogens with zero attached hydrogens (tertiary/aromatic N) is 1. The van der Waals surface area contributed by atoms with Gasteiger partial charge in [-0.3, -0.25) is 14.6 Å². The number of aromatic amines is 2. The summed E-state index contributed by atoms with van der Waals surface area (Å²) in [7, 11) is 0. The first kappa shape index (κ1) is 14.1. The second kappa shape index (κ2) is 5.85. The molecule has 2 heterocycles. The van der Waals surface area contributed by atoms with Crippen LogP contribution in [0, 0.1) is 0 Å². The van der Waals surface area contributed by atoms with Gasteiger partial charge in [0.25, 0.3) is 11.5 Å². The van der Waals surface area contributed by atoms with E-state index in [0.717, 1.165) is 31.9 Å². The molecule has 1 unspecified atom stereocenters. The Hall–Kier alpha value is -1.89. The highest BCUT2D eigenvalue weighted by Crippen LogP contribution is 2.28. The smallest absolute Gasteiger partial charge is 0.326 e. The van der Waals surface area contributed by atoms with Crippen LogP contribution in [0.1, 0.15) is 42.6 Å². The lowest BCUT2D eigenvalue weighted by Gasteiger charge is -2.30. The SMILES string of the molecule is O=C(c1cc(=O)[nH]c(=O)[nH]1)N(CC1CCCCN1)C1CC1. The minimum atomic E-state index is -0.641. The van der Waals surface area contributed by atoms with Crippen molar-refractivity contribution in [1.29, 1.82) is 0 Å². The molecule has 0 radical (unpaired) electrons. The van der Waals surface area contributed by atoms with Gasteiger partial charge in [0.05, 0.1) is 0 Å². The fraction of sp³-hybridized carbons (Fsp3) is 0.643. The number of nitrogens with one attached hydrogen (secondary N) is 3. The molecule has 3 rings (SSSR count). The second-order valence-corrected chi connectivity index (χ2v) is 5.84. The zero-order chi connectivity index (χ0) is 14.8. The van der Waals surface area contributed by atoms with Crippen molar-refractivity contribution < 1.29 is 4.79 Å². The van der Waals surface area contributed by atoms with E-state index in [1.807, 2.05) is 0 Å². The minimum Gasteiger partial charge on any atom is -0.333 e. The Kier molecular flexibility index (Phi) is 3.92. The van der Waals surface area contributed by atoms with E-state index in [-0.39, 0.29) is 17.6 Å². The van der Waals surface area contributed by atoms with Crippen molar-refractivity contribution in [3.63, 3.8) is 0 Å². The number of rotatable bonds is 4. The van der Waals surface area contributed by atoms with Crippen molar-refractivity contribution in [1.82, 2.24) is 20.2 Å². The highest BCUT2D eigenvalue weighted by molar-refractivity contribution is 5.92. The van der Waals surface area contributed by atoms with Crippen LogP contribution in [0.2, 0.25) is 0 Å². The zero-order valence-electron chi connectivity index (χ0n) is 11.9. The predicted octanol–water partition coefficient (Wildman–Crippen LogP) is -0.190. The number of hydrogen-bond donors (Lipinski definition) is 3. The molecule has 1 aromatic heterocycles. The summed E-state index contributed by atoms with van der Waals surface area (Å²) in [6.45, 7) is 1.62. The van der Waals surface area contributed by atoms with Crippen molar-refractivity contribution in [2.24, 2.45) is 0 Å². The lowest BCUT2D eigenvalue weighted by molar-refractivity contribution is 0.0711. The number of carbonyl (C=O) groups is 1. The van der Waals surface area contributed by atoms with Gasteiger partial charge in [0.1, 0.15) is 5.69 Å². The predicted molar refractivity (Wildman–Crippen MR) is 77.4 cm³/mol. The van der Waals surface area contributed by atoms with E-state index in [2.05, 4.69) is 15.3 Å². The third kappa shape index (κ3) is 3.41. The normalized spacial score (nSPS) is 22.0. The Bertz CT molecular complexity index is 597. The second-order valence-electron chi connectivity index (χ2n) is 5.84. The summed E-state index contributed by atoms with van der Waals surface area (Å²) in [5, 5.41) is 3.43. The molecule has 0 spiro atoms. The van der Waals surface area contributed by atoms with Crippen molar-refractivity contribution in [2.45, 2.75) is 44.2 Å². The van der Waals surface area contributed by atoms with Crippen LogP contribution in [0.3, 0.4) is 0 Å². The molecule has 1 aromatic rings. The minimum absolute atomic E-state index is 0.0754. The third-order valence-electron chi connectivity index (χ3n) is 4.07. The molecular formula is C14H20N4O3. The number of aromatic nitrogens is 2. The summed E-state index contributed by atoms with van der Waals surface area (Å²) in [6, 6.07) is 1.70. The number of amides is 1. The van der Waals surface area contributed by atoms with Gasteiger partial charge >= 0.3 is 5.69 Å². The van der Waals surface area contributed by atoms with Crippen LogP contribution in [-0.4, -0.2) is 45.9 Å². The van der Waals surface area contributed by atoms with Gasteiger partial charge in [-0.2, -0.15) is 0 Å². The maximum Gasteiger partial charge on any atom is 0.326 e. The summed E-state index contributed by atoms with van der Waals surface area (Å²) in [4.78, 5) is 41.6. The van der Waals surface area contributed by atoms with Crippen molar-refractivity contribution in [3.8, 4) is 0 Å². The molecule has 3 N–H and O–H groups in total. The molecule has 0 aromatic carbocycles. The van der Waals surface area contributed by atoms with Crippen molar-refractivity contribution in [3.05, 3.63) is 32.6 Å². The van der Waals surface area contributed by atoms with Gasteiger partial charge < -0.3 is 15.2 Å². The van der Waals surface area contributed by atoms with E-state index in [4.69, 9.17) is 0 Å². The Morgan fingerprint density at radius 2 is 2.00 bits per heavy atom. The monoisotopic (exact) mass is 292 g/mol. The highest BCUT2D eigenvalue weighted by Gasteiger charge is 2.35. The van der Waals surface area contributed by atoms with E-state index in [1.165, 1.54) is 12.8 Å². The Balaban J connectivity index is 1.78. The molecule has 1 atom stereocenters. The quantitative estimate of drug-likeness (QED) is 0.716. The topological polar surface area (TPSA) is 98.1 Å². The molecule has 7 nitrogen and oxygen atoms in total. The summed E-state index contributed by atoms with van der Waals surface area (Å²) in [5.41, 5.74) is -1.11. The van der Waals surface area contributed by atoms with Crippen LogP contribution in [0.5, 0.6) is 0 Å². The van der Waals surface area contributed by atoms with Crippen LogP contribution in [0.4, 0.5) is 0 Å². The number of hydrogen-bond acceptors (Lipinski definition) is 4. The van der Waals surface area contributed by atoms with Crippen LogP contribution in [0.15, 0.2) is 15.7 Å². The molecule has 1 saturated heterocycles. The van der Waals surface area contributed by atoms with Gasteiger partial charge in [-0.25, -0.2) is 4.79 Å². The summed E-state index contributed by atoms with van der Waals surface area (Å²) in [6.07, 6.45) is 5.39. The molecule has 1 aliphatic heterocycles. The lowest BCUT2D eigenvalue weighted by atomic mass is 10.0. The highest BCUT2D eigenvalue weighted by atomic mass is 16.2. The lowest BCUT2D eigenvalue weighted by Crippen LogP contribution is -2.47. The van der Waals surface area contributed by atoms with Crippen molar-refractivity contribution in [2.75, 3.05) is 13.1 Å². The number of carbonyl (C=O) groups excluding carboxylic acids is 1.